The SMILES string of the molecule is CCN1CCOC(C(Cc2cc(F)cc(F)c2)NC)C1. The highest BCUT2D eigenvalue weighted by molar-refractivity contribution is 5.19. The van der Waals surface area contributed by atoms with E-state index in [0.717, 1.165) is 25.7 Å². The Balaban J connectivity index is 2.04. The molecule has 2 atom stereocenters. The van der Waals surface area contributed by atoms with Crippen molar-refractivity contribution < 1.29 is 13.5 Å². The number of hydrogen-bond donors (Lipinski definition) is 1. The van der Waals surface area contributed by atoms with Gasteiger partial charge in [-0.15, -0.1) is 0 Å². The first-order chi connectivity index (χ1) is 9.62. The second kappa shape index (κ2) is 7.11. The Labute approximate surface area is 118 Å². The smallest absolute Gasteiger partial charge is 0.126 e. The molecule has 1 N–H and O–H groups in total. The predicted octanol–water partition coefficient (Wildman–Crippen LogP) is 1.82. The number of rotatable bonds is 5. The summed E-state index contributed by atoms with van der Waals surface area (Å²) in [7, 11) is 1.86. The van der Waals surface area contributed by atoms with Crippen LogP contribution in [0.4, 0.5) is 8.78 Å². The van der Waals surface area contributed by atoms with Crippen molar-refractivity contribution in [1.82, 2.24) is 10.2 Å². The summed E-state index contributed by atoms with van der Waals surface area (Å²) >= 11 is 0. The van der Waals surface area contributed by atoms with Gasteiger partial charge >= 0.3 is 0 Å². The number of nitrogens with zero attached hydrogens (tertiary/aromatic N) is 1. The molecule has 0 amide bonds. The molecule has 0 saturated carbocycles. The van der Waals surface area contributed by atoms with Crippen LogP contribution in [-0.2, 0) is 11.2 Å². The first-order valence-electron chi connectivity index (χ1n) is 7.08. The van der Waals surface area contributed by atoms with Crippen LogP contribution in [0, 0.1) is 11.6 Å². The summed E-state index contributed by atoms with van der Waals surface area (Å²) in [6, 6.07) is 3.71. The summed E-state index contributed by atoms with van der Waals surface area (Å²) < 4.78 is 32.3. The van der Waals surface area contributed by atoms with Gasteiger partial charge in [-0.05, 0) is 37.7 Å². The number of halogens is 2. The molecule has 0 spiro atoms. The molecule has 0 aromatic heterocycles. The van der Waals surface area contributed by atoms with Crippen LogP contribution < -0.4 is 5.32 Å². The molecule has 1 aromatic rings. The van der Waals surface area contributed by atoms with Crippen molar-refractivity contribution in [2.75, 3.05) is 33.3 Å². The zero-order valence-electron chi connectivity index (χ0n) is 12.0. The van der Waals surface area contributed by atoms with E-state index in [4.69, 9.17) is 4.74 Å². The molecule has 1 heterocycles. The van der Waals surface area contributed by atoms with Crippen molar-refractivity contribution in [3.8, 4) is 0 Å². The Morgan fingerprint density at radius 2 is 2.05 bits per heavy atom. The minimum absolute atomic E-state index is 0.0417. The molecule has 20 heavy (non-hydrogen) atoms. The molecular formula is C15H22F2N2O. The number of likely N-dealkylation sites (N-methyl/N-ethyl adjacent to an activating group) is 2. The maximum atomic E-state index is 13.2. The van der Waals surface area contributed by atoms with Gasteiger partial charge in [0.15, 0.2) is 0 Å². The average Bonchev–Trinajstić information content (AvgIpc) is 2.44. The summed E-state index contributed by atoms with van der Waals surface area (Å²) in [6.45, 7) is 5.61. The lowest BCUT2D eigenvalue weighted by Crippen LogP contribution is -2.52. The molecule has 1 aliphatic rings. The van der Waals surface area contributed by atoms with E-state index in [-0.39, 0.29) is 12.1 Å². The van der Waals surface area contributed by atoms with Gasteiger partial charge in [-0.2, -0.15) is 0 Å². The number of benzene rings is 1. The van der Waals surface area contributed by atoms with Gasteiger partial charge in [0.2, 0.25) is 0 Å². The second-order valence-electron chi connectivity index (χ2n) is 5.18. The van der Waals surface area contributed by atoms with Crippen LogP contribution in [0.3, 0.4) is 0 Å². The van der Waals surface area contributed by atoms with Crippen LogP contribution in [-0.4, -0.2) is 50.3 Å². The van der Waals surface area contributed by atoms with E-state index in [1.807, 2.05) is 7.05 Å². The zero-order valence-corrected chi connectivity index (χ0v) is 12.0. The highest BCUT2D eigenvalue weighted by Crippen LogP contribution is 2.15. The lowest BCUT2D eigenvalue weighted by molar-refractivity contribution is -0.0436. The molecule has 0 aliphatic carbocycles. The maximum absolute atomic E-state index is 13.2. The van der Waals surface area contributed by atoms with Crippen molar-refractivity contribution in [1.29, 1.82) is 0 Å². The van der Waals surface area contributed by atoms with Gasteiger partial charge < -0.3 is 10.1 Å². The standard InChI is InChI=1S/C15H22F2N2O/c1-3-19-4-5-20-15(10-19)14(18-2)8-11-6-12(16)9-13(17)7-11/h6-7,9,14-15,18H,3-5,8,10H2,1-2H3. The summed E-state index contributed by atoms with van der Waals surface area (Å²) in [5, 5.41) is 3.21. The molecule has 5 heteroatoms. The van der Waals surface area contributed by atoms with Gasteiger partial charge in [0.1, 0.15) is 11.6 Å². The van der Waals surface area contributed by atoms with Crippen LogP contribution in [0.1, 0.15) is 12.5 Å². The molecule has 112 valence electrons. The number of nitrogens with one attached hydrogen (secondary N) is 1. The van der Waals surface area contributed by atoms with Crippen LogP contribution in [0.15, 0.2) is 18.2 Å². The molecule has 1 fully saturated rings. The topological polar surface area (TPSA) is 24.5 Å². The Hall–Kier alpha value is -1.04. The Morgan fingerprint density at radius 1 is 1.35 bits per heavy atom. The van der Waals surface area contributed by atoms with Gasteiger partial charge in [0, 0.05) is 25.2 Å². The average molecular weight is 284 g/mol. The highest BCUT2D eigenvalue weighted by Gasteiger charge is 2.26. The highest BCUT2D eigenvalue weighted by atomic mass is 19.1. The molecule has 3 nitrogen and oxygen atoms in total. The normalized spacial score (nSPS) is 21.9. The molecule has 0 bridgehead atoms. The van der Waals surface area contributed by atoms with Gasteiger partial charge in [0.05, 0.1) is 12.7 Å². The summed E-state index contributed by atoms with van der Waals surface area (Å²) in [5.74, 6) is -1.07. The summed E-state index contributed by atoms with van der Waals surface area (Å²) in [4.78, 5) is 2.32. The van der Waals surface area contributed by atoms with Gasteiger partial charge in [-0.3, -0.25) is 4.90 Å². The Bertz CT molecular complexity index is 422. The van der Waals surface area contributed by atoms with Crippen LogP contribution >= 0.6 is 0 Å². The van der Waals surface area contributed by atoms with Crippen LogP contribution in [0.5, 0.6) is 0 Å². The van der Waals surface area contributed by atoms with Gasteiger partial charge in [0.25, 0.3) is 0 Å². The fraction of sp³-hybridized carbons (Fsp3) is 0.600. The van der Waals surface area contributed by atoms with E-state index in [9.17, 15) is 8.78 Å². The van der Waals surface area contributed by atoms with E-state index < -0.39 is 11.6 Å². The minimum atomic E-state index is -0.533. The minimum Gasteiger partial charge on any atom is -0.374 e. The third kappa shape index (κ3) is 3.98. The van der Waals surface area contributed by atoms with Crippen molar-refractivity contribution >= 4 is 0 Å². The van der Waals surface area contributed by atoms with E-state index in [2.05, 4.69) is 17.1 Å². The molecule has 1 saturated heterocycles. The van der Waals surface area contributed by atoms with E-state index in [0.29, 0.717) is 18.6 Å². The number of morpholine rings is 1. The lowest BCUT2D eigenvalue weighted by atomic mass is 10.00. The molecular weight excluding hydrogens is 262 g/mol. The van der Waals surface area contributed by atoms with Gasteiger partial charge in [-0.25, -0.2) is 8.78 Å². The predicted molar refractivity (Wildman–Crippen MR) is 74.8 cm³/mol. The lowest BCUT2D eigenvalue weighted by Gasteiger charge is -2.36. The van der Waals surface area contributed by atoms with Crippen LogP contribution in [0.2, 0.25) is 0 Å². The largest absolute Gasteiger partial charge is 0.374 e. The van der Waals surface area contributed by atoms with Crippen molar-refractivity contribution in [3.05, 3.63) is 35.4 Å². The summed E-state index contributed by atoms with van der Waals surface area (Å²) in [6.07, 6.45) is 0.591. The first-order valence-corrected chi connectivity index (χ1v) is 7.08. The molecule has 1 aromatic carbocycles. The third-order valence-corrected chi connectivity index (χ3v) is 3.82. The third-order valence-electron chi connectivity index (χ3n) is 3.82. The quantitative estimate of drug-likeness (QED) is 0.892. The monoisotopic (exact) mass is 284 g/mol. The van der Waals surface area contributed by atoms with E-state index >= 15 is 0 Å². The fourth-order valence-corrected chi connectivity index (χ4v) is 2.66. The molecule has 1 aliphatic heterocycles. The Kier molecular flexibility index (Phi) is 5.46. The zero-order chi connectivity index (χ0) is 14.5. The molecule has 2 rings (SSSR count). The van der Waals surface area contributed by atoms with Gasteiger partial charge in [-0.1, -0.05) is 6.92 Å². The molecule has 2 unspecified atom stereocenters. The summed E-state index contributed by atoms with van der Waals surface area (Å²) in [5.41, 5.74) is 0.652. The van der Waals surface area contributed by atoms with E-state index in [1.54, 1.807) is 0 Å². The van der Waals surface area contributed by atoms with Crippen molar-refractivity contribution in [2.24, 2.45) is 0 Å². The number of hydrogen-bond acceptors (Lipinski definition) is 3. The maximum Gasteiger partial charge on any atom is 0.126 e. The van der Waals surface area contributed by atoms with Crippen molar-refractivity contribution in [2.45, 2.75) is 25.5 Å². The Morgan fingerprint density at radius 3 is 2.65 bits per heavy atom. The van der Waals surface area contributed by atoms with Crippen molar-refractivity contribution in [3.63, 3.8) is 0 Å². The molecule has 0 radical (unpaired) electrons. The van der Waals surface area contributed by atoms with E-state index in [1.165, 1.54) is 12.1 Å². The van der Waals surface area contributed by atoms with Crippen LogP contribution in [0.25, 0.3) is 0 Å². The fourth-order valence-electron chi connectivity index (χ4n) is 2.66. The second-order valence-corrected chi connectivity index (χ2v) is 5.18. The first kappa shape index (κ1) is 15.4. The number of ether oxygens (including phenoxy) is 1.